The lowest BCUT2D eigenvalue weighted by atomic mass is 9.92. The Hall–Kier alpha value is -3.28. The highest BCUT2D eigenvalue weighted by Crippen LogP contribution is 2.48. The number of alkyl halides is 4. The van der Waals surface area contributed by atoms with Gasteiger partial charge in [0.15, 0.2) is 0 Å². The SMILES string of the molecule is Cc1nn([C@H](C)[C@]2(c3ccc(F)cc3F)CO2)c(=O)n1-c1ccc(OC(F)(F)C(F)F)cc1. The molecule has 0 spiro atoms. The average molecular weight is 473 g/mol. The minimum absolute atomic E-state index is 0.0805. The summed E-state index contributed by atoms with van der Waals surface area (Å²) in [6, 6.07) is 6.75. The van der Waals surface area contributed by atoms with Crippen LogP contribution in [0.5, 0.6) is 5.75 Å². The predicted molar refractivity (Wildman–Crippen MR) is 103 cm³/mol. The Balaban J connectivity index is 1.65. The van der Waals surface area contributed by atoms with Gasteiger partial charge in [-0.1, -0.05) is 6.07 Å². The second kappa shape index (κ2) is 7.94. The molecule has 176 valence electrons. The maximum atomic E-state index is 14.4. The maximum absolute atomic E-state index is 14.4. The van der Waals surface area contributed by atoms with Crippen molar-refractivity contribution in [1.82, 2.24) is 14.3 Å². The van der Waals surface area contributed by atoms with Gasteiger partial charge in [-0.15, -0.1) is 0 Å². The third kappa shape index (κ3) is 3.99. The monoisotopic (exact) mass is 473 g/mol. The fraction of sp³-hybridized carbons (Fsp3) is 0.333. The van der Waals surface area contributed by atoms with E-state index in [2.05, 4.69) is 9.84 Å². The number of hydrogen-bond donors (Lipinski definition) is 0. The van der Waals surface area contributed by atoms with E-state index in [-0.39, 0.29) is 23.7 Å². The number of aryl methyl sites for hydroxylation is 1. The molecule has 6 nitrogen and oxygen atoms in total. The molecule has 0 unspecified atom stereocenters. The summed E-state index contributed by atoms with van der Waals surface area (Å²) >= 11 is 0. The Morgan fingerprint density at radius 3 is 2.33 bits per heavy atom. The zero-order chi connectivity index (χ0) is 24.1. The molecule has 0 aliphatic carbocycles. The summed E-state index contributed by atoms with van der Waals surface area (Å²) in [5.74, 6) is -1.88. The number of nitrogens with zero attached hydrogens (tertiary/aromatic N) is 3. The summed E-state index contributed by atoms with van der Waals surface area (Å²) in [7, 11) is 0. The first-order chi connectivity index (χ1) is 15.5. The van der Waals surface area contributed by atoms with Crippen molar-refractivity contribution in [2.75, 3.05) is 6.61 Å². The highest BCUT2D eigenvalue weighted by atomic mass is 19.3. The Labute approximate surface area is 183 Å². The molecule has 0 amide bonds. The number of epoxide rings is 1. The first-order valence-electron chi connectivity index (χ1n) is 9.69. The summed E-state index contributed by atoms with van der Waals surface area (Å²) in [4.78, 5) is 13.1. The van der Waals surface area contributed by atoms with Gasteiger partial charge in [-0.3, -0.25) is 0 Å². The van der Waals surface area contributed by atoms with Crippen molar-refractivity contribution in [2.45, 2.75) is 38.0 Å². The summed E-state index contributed by atoms with van der Waals surface area (Å²) in [5.41, 5.74) is -1.56. The molecule has 1 aliphatic heterocycles. The third-order valence-electron chi connectivity index (χ3n) is 5.45. The van der Waals surface area contributed by atoms with Gasteiger partial charge < -0.3 is 9.47 Å². The van der Waals surface area contributed by atoms with Crippen molar-refractivity contribution < 1.29 is 35.8 Å². The summed E-state index contributed by atoms with van der Waals surface area (Å²) in [6.07, 6.45) is -8.67. The first kappa shape index (κ1) is 22.9. The van der Waals surface area contributed by atoms with E-state index in [1.54, 1.807) is 6.92 Å². The van der Waals surface area contributed by atoms with Gasteiger partial charge in [0, 0.05) is 11.6 Å². The van der Waals surface area contributed by atoms with Crippen LogP contribution in [0.15, 0.2) is 47.3 Å². The van der Waals surface area contributed by atoms with Crippen LogP contribution in [-0.4, -0.2) is 33.5 Å². The van der Waals surface area contributed by atoms with Crippen molar-refractivity contribution in [1.29, 1.82) is 0 Å². The Kier molecular flexibility index (Phi) is 5.51. The Morgan fingerprint density at radius 1 is 1.15 bits per heavy atom. The minimum Gasteiger partial charge on any atom is -0.428 e. The largest absolute Gasteiger partial charge is 0.461 e. The van der Waals surface area contributed by atoms with Crippen LogP contribution in [0.1, 0.15) is 24.4 Å². The number of ether oxygens (including phenoxy) is 2. The van der Waals surface area contributed by atoms with Gasteiger partial charge in [0.2, 0.25) is 0 Å². The lowest BCUT2D eigenvalue weighted by Gasteiger charge is -2.20. The van der Waals surface area contributed by atoms with Gasteiger partial charge in [0.1, 0.15) is 28.8 Å². The highest BCUT2D eigenvalue weighted by Gasteiger charge is 2.54. The first-order valence-corrected chi connectivity index (χ1v) is 9.69. The molecular formula is C21H17F6N3O3. The zero-order valence-corrected chi connectivity index (χ0v) is 17.2. The number of hydrogen-bond acceptors (Lipinski definition) is 4. The third-order valence-corrected chi connectivity index (χ3v) is 5.45. The van der Waals surface area contributed by atoms with Gasteiger partial charge in [0.05, 0.1) is 18.3 Å². The van der Waals surface area contributed by atoms with Crippen molar-refractivity contribution in [3.05, 3.63) is 76.0 Å². The Morgan fingerprint density at radius 2 is 1.79 bits per heavy atom. The molecule has 4 rings (SSSR count). The van der Waals surface area contributed by atoms with E-state index in [0.717, 1.165) is 33.5 Å². The molecule has 0 saturated carbocycles. The van der Waals surface area contributed by atoms with Crippen molar-refractivity contribution >= 4 is 0 Å². The molecule has 2 atom stereocenters. The van der Waals surface area contributed by atoms with Gasteiger partial charge in [0.25, 0.3) is 0 Å². The maximum Gasteiger partial charge on any atom is 0.461 e. The van der Waals surface area contributed by atoms with Crippen LogP contribution < -0.4 is 10.4 Å². The van der Waals surface area contributed by atoms with Crippen LogP contribution in [-0.2, 0) is 10.3 Å². The number of rotatable bonds is 7. The smallest absolute Gasteiger partial charge is 0.428 e. The van der Waals surface area contributed by atoms with Crippen LogP contribution in [0.4, 0.5) is 26.3 Å². The summed E-state index contributed by atoms with van der Waals surface area (Å²) in [6.45, 7) is 3.19. The number of aromatic nitrogens is 3. The van der Waals surface area contributed by atoms with E-state index in [4.69, 9.17) is 4.74 Å². The molecule has 33 heavy (non-hydrogen) atoms. The van der Waals surface area contributed by atoms with Crippen LogP contribution >= 0.6 is 0 Å². The van der Waals surface area contributed by atoms with Gasteiger partial charge >= 0.3 is 18.2 Å². The Bertz CT molecular complexity index is 1240. The molecule has 1 aliphatic rings. The van der Waals surface area contributed by atoms with Crippen molar-refractivity contribution in [3.8, 4) is 11.4 Å². The second-order valence-electron chi connectivity index (χ2n) is 7.55. The molecule has 12 heteroatoms. The standard InChI is InChI=1S/C21H17F6N3O3/c1-11(20(10-32-20)16-8-3-13(22)9-17(16)23)30-19(31)29(12(2)28-30)14-4-6-15(7-5-14)33-21(26,27)18(24)25/h3-9,11,18H,10H2,1-2H3/t11-,20+/m1/s1. The molecule has 0 N–H and O–H groups in total. The number of halogens is 6. The van der Waals surface area contributed by atoms with Crippen LogP contribution in [0.3, 0.4) is 0 Å². The highest BCUT2D eigenvalue weighted by molar-refractivity contribution is 5.38. The minimum atomic E-state index is -4.66. The molecular weight excluding hydrogens is 456 g/mol. The van der Waals surface area contributed by atoms with Gasteiger partial charge in [-0.05, 0) is 44.2 Å². The fourth-order valence-electron chi connectivity index (χ4n) is 3.63. The zero-order valence-electron chi connectivity index (χ0n) is 17.2. The molecule has 1 fully saturated rings. The van der Waals surface area contributed by atoms with Crippen LogP contribution in [0, 0.1) is 18.6 Å². The normalized spacial score (nSPS) is 19.1. The average Bonchev–Trinajstić information content (AvgIpc) is 3.48. The van der Waals surface area contributed by atoms with Crippen LogP contribution in [0.2, 0.25) is 0 Å². The number of benzene rings is 2. The predicted octanol–water partition coefficient (Wildman–Crippen LogP) is 4.34. The molecule has 3 aromatic rings. The van der Waals surface area contributed by atoms with E-state index in [0.29, 0.717) is 0 Å². The lowest BCUT2D eigenvalue weighted by Crippen LogP contribution is -2.34. The quantitative estimate of drug-likeness (QED) is 0.378. The van der Waals surface area contributed by atoms with E-state index in [1.165, 1.54) is 25.1 Å². The van der Waals surface area contributed by atoms with Crippen LogP contribution in [0.25, 0.3) is 5.69 Å². The van der Waals surface area contributed by atoms with Crippen molar-refractivity contribution in [3.63, 3.8) is 0 Å². The summed E-state index contributed by atoms with van der Waals surface area (Å²) < 4.78 is 90.2. The van der Waals surface area contributed by atoms with Crippen molar-refractivity contribution in [2.24, 2.45) is 0 Å². The molecule has 1 aromatic heterocycles. The molecule has 2 aromatic carbocycles. The topological polar surface area (TPSA) is 61.6 Å². The molecule has 1 saturated heterocycles. The lowest BCUT2D eigenvalue weighted by molar-refractivity contribution is -0.253. The van der Waals surface area contributed by atoms with E-state index in [9.17, 15) is 31.1 Å². The molecule has 0 bridgehead atoms. The van der Waals surface area contributed by atoms with E-state index >= 15 is 0 Å². The molecule has 0 radical (unpaired) electrons. The fourth-order valence-corrected chi connectivity index (χ4v) is 3.63. The summed E-state index contributed by atoms with van der Waals surface area (Å²) in [5, 5.41) is 4.21. The van der Waals surface area contributed by atoms with E-state index in [1.807, 2.05) is 0 Å². The van der Waals surface area contributed by atoms with Gasteiger partial charge in [-0.25, -0.2) is 22.8 Å². The van der Waals surface area contributed by atoms with E-state index < -0.39 is 47.3 Å². The second-order valence-corrected chi connectivity index (χ2v) is 7.55. The molecule has 2 heterocycles. The van der Waals surface area contributed by atoms with Gasteiger partial charge in [-0.2, -0.15) is 22.7 Å².